The summed E-state index contributed by atoms with van der Waals surface area (Å²) in [6.45, 7) is 0. The Morgan fingerprint density at radius 1 is 1.71 bits per heavy atom. The molecule has 1 unspecified atom stereocenters. The first-order chi connectivity index (χ1) is 3.39. The van der Waals surface area contributed by atoms with E-state index in [1.165, 1.54) is 12.5 Å². The van der Waals surface area contributed by atoms with E-state index in [2.05, 4.69) is 15.0 Å². The van der Waals surface area contributed by atoms with Crippen LogP contribution in [0.1, 0.15) is 0 Å². The smallest absolute Gasteiger partial charge is 0.284 e. The van der Waals surface area contributed by atoms with Crippen LogP contribution in [0.25, 0.3) is 0 Å². The Balaban J connectivity index is 2.49. The number of alkyl halides is 1. The SMILES string of the molecule is ClC1N=NC=CO1. The van der Waals surface area contributed by atoms with Gasteiger partial charge in [0.25, 0.3) is 5.69 Å². The monoisotopic (exact) mass is 118 g/mol. The van der Waals surface area contributed by atoms with E-state index in [4.69, 9.17) is 11.6 Å². The third kappa shape index (κ3) is 1.16. The van der Waals surface area contributed by atoms with Crippen molar-refractivity contribution in [3.05, 3.63) is 12.5 Å². The van der Waals surface area contributed by atoms with Crippen molar-refractivity contribution in [2.75, 3.05) is 0 Å². The molecule has 0 aromatic rings. The molecule has 1 atom stereocenters. The van der Waals surface area contributed by atoms with Gasteiger partial charge < -0.3 is 4.74 Å². The van der Waals surface area contributed by atoms with Gasteiger partial charge in [-0.1, -0.05) is 11.6 Å². The molecule has 0 fully saturated rings. The summed E-state index contributed by atoms with van der Waals surface area (Å²) < 4.78 is 4.60. The molecule has 1 aliphatic heterocycles. The van der Waals surface area contributed by atoms with E-state index in [1.54, 1.807) is 0 Å². The van der Waals surface area contributed by atoms with Gasteiger partial charge in [-0.2, -0.15) is 5.11 Å². The molecule has 0 bridgehead atoms. The third-order valence-electron chi connectivity index (χ3n) is 0.476. The van der Waals surface area contributed by atoms with Crippen LogP contribution in [0.4, 0.5) is 0 Å². The highest BCUT2D eigenvalue weighted by Gasteiger charge is 1.98. The molecule has 0 saturated carbocycles. The molecule has 4 heteroatoms. The molecule has 1 aliphatic rings. The Bertz CT molecular complexity index is 112. The van der Waals surface area contributed by atoms with Crippen LogP contribution in [-0.2, 0) is 4.74 Å². The topological polar surface area (TPSA) is 34.0 Å². The number of ether oxygens (including phenoxy) is 1. The number of rotatable bonds is 0. The Morgan fingerprint density at radius 2 is 2.57 bits per heavy atom. The highest BCUT2D eigenvalue weighted by atomic mass is 35.5. The molecule has 1 rings (SSSR count). The fraction of sp³-hybridized carbons (Fsp3) is 0.333. The molecule has 0 aromatic heterocycles. The summed E-state index contributed by atoms with van der Waals surface area (Å²) in [6.07, 6.45) is 2.82. The van der Waals surface area contributed by atoms with Gasteiger partial charge in [-0.25, -0.2) is 0 Å². The van der Waals surface area contributed by atoms with Gasteiger partial charge in [-0.3, -0.25) is 0 Å². The van der Waals surface area contributed by atoms with E-state index in [9.17, 15) is 0 Å². The van der Waals surface area contributed by atoms with E-state index in [0.717, 1.165) is 0 Å². The largest absolute Gasteiger partial charge is 0.459 e. The van der Waals surface area contributed by atoms with E-state index >= 15 is 0 Å². The van der Waals surface area contributed by atoms with Crippen molar-refractivity contribution < 1.29 is 4.74 Å². The average Bonchev–Trinajstić information content (AvgIpc) is 1.69. The van der Waals surface area contributed by atoms with Crippen molar-refractivity contribution in [2.24, 2.45) is 10.2 Å². The van der Waals surface area contributed by atoms with E-state index in [-0.39, 0.29) is 0 Å². The van der Waals surface area contributed by atoms with Crippen molar-refractivity contribution in [2.45, 2.75) is 5.69 Å². The summed E-state index contributed by atoms with van der Waals surface area (Å²) in [6, 6.07) is 0. The summed E-state index contributed by atoms with van der Waals surface area (Å²) in [7, 11) is 0. The molecule has 0 aromatic carbocycles. The number of halogens is 1. The van der Waals surface area contributed by atoms with Gasteiger partial charge >= 0.3 is 0 Å². The molecule has 7 heavy (non-hydrogen) atoms. The number of hydrogen-bond donors (Lipinski definition) is 0. The second-order valence-corrected chi connectivity index (χ2v) is 1.32. The lowest BCUT2D eigenvalue weighted by Crippen LogP contribution is -1.95. The summed E-state index contributed by atoms with van der Waals surface area (Å²) >= 11 is 5.28. The Labute approximate surface area is 45.6 Å². The second-order valence-electron chi connectivity index (χ2n) is 0.944. The van der Waals surface area contributed by atoms with Crippen LogP contribution >= 0.6 is 11.6 Å². The maximum atomic E-state index is 5.28. The molecule has 0 saturated heterocycles. The van der Waals surface area contributed by atoms with Gasteiger partial charge in [0.15, 0.2) is 0 Å². The molecule has 0 aliphatic carbocycles. The van der Waals surface area contributed by atoms with Gasteiger partial charge in [0.05, 0.1) is 6.20 Å². The van der Waals surface area contributed by atoms with E-state index in [0.29, 0.717) is 0 Å². The predicted molar refractivity (Wildman–Crippen MR) is 24.7 cm³/mol. The molecule has 3 nitrogen and oxygen atoms in total. The fourth-order valence-corrected chi connectivity index (χ4v) is 0.355. The molecule has 0 amide bonds. The van der Waals surface area contributed by atoms with Crippen molar-refractivity contribution in [1.29, 1.82) is 0 Å². The normalized spacial score (nSPS) is 27.3. The van der Waals surface area contributed by atoms with Crippen molar-refractivity contribution >= 4 is 11.6 Å². The zero-order chi connectivity index (χ0) is 5.11. The first kappa shape index (κ1) is 4.59. The van der Waals surface area contributed by atoms with Crippen LogP contribution in [0.15, 0.2) is 22.7 Å². The van der Waals surface area contributed by atoms with Crippen LogP contribution in [0.2, 0.25) is 0 Å². The van der Waals surface area contributed by atoms with E-state index in [1.807, 2.05) is 0 Å². The minimum Gasteiger partial charge on any atom is -0.459 e. The lowest BCUT2D eigenvalue weighted by atomic mass is 11.0. The summed E-state index contributed by atoms with van der Waals surface area (Å²) in [5.41, 5.74) is -0.620. The fourth-order valence-electron chi connectivity index (χ4n) is 0.245. The highest BCUT2D eigenvalue weighted by Crippen LogP contribution is 2.05. The van der Waals surface area contributed by atoms with Gasteiger partial charge in [-0.15, -0.1) is 5.11 Å². The quantitative estimate of drug-likeness (QED) is 0.350. The first-order valence-electron chi connectivity index (χ1n) is 1.74. The van der Waals surface area contributed by atoms with Gasteiger partial charge in [0.2, 0.25) is 0 Å². The third-order valence-corrected chi connectivity index (χ3v) is 0.666. The number of hydrogen-bond acceptors (Lipinski definition) is 3. The molecular weight excluding hydrogens is 115 g/mol. The summed E-state index contributed by atoms with van der Waals surface area (Å²) in [4.78, 5) is 0. The highest BCUT2D eigenvalue weighted by molar-refractivity contribution is 6.19. The lowest BCUT2D eigenvalue weighted by Gasteiger charge is -2.02. The Hall–Kier alpha value is -0.570. The first-order valence-corrected chi connectivity index (χ1v) is 2.18. The van der Waals surface area contributed by atoms with Crippen molar-refractivity contribution in [3.63, 3.8) is 0 Å². The van der Waals surface area contributed by atoms with Crippen LogP contribution in [0.3, 0.4) is 0 Å². The van der Waals surface area contributed by atoms with Gasteiger partial charge in [0.1, 0.15) is 6.26 Å². The van der Waals surface area contributed by atoms with E-state index < -0.39 is 5.69 Å². The summed E-state index contributed by atoms with van der Waals surface area (Å²) in [5.74, 6) is 0. The number of nitrogens with zero attached hydrogens (tertiary/aromatic N) is 2. The summed E-state index contributed by atoms with van der Waals surface area (Å²) in [5, 5.41) is 6.86. The minimum atomic E-state index is -0.620. The second kappa shape index (κ2) is 1.93. The number of azo groups is 1. The molecule has 0 spiro atoms. The van der Waals surface area contributed by atoms with Crippen LogP contribution in [0, 0.1) is 0 Å². The zero-order valence-electron chi connectivity index (χ0n) is 3.41. The average molecular weight is 119 g/mol. The molecular formula is C3H3ClN2O. The Kier molecular flexibility index (Phi) is 1.26. The van der Waals surface area contributed by atoms with Crippen LogP contribution in [-0.4, -0.2) is 5.69 Å². The minimum absolute atomic E-state index is 0.620. The standard InChI is InChI=1S/C3H3ClN2O/c4-3-6-5-1-2-7-3/h1-3H. The molecule has 0 radical (unpaired) electrons. The van der Waals surface area contributed by atoms with Crippen LogP contribution < -0.4 is 0 Å². The Morgan fingerprint density at radius 3 is 2.86 bits per heavy atom. The predicted octanol–water partition coefficient (Wildman–Crippen LogP) is 1.46. The van der Waals surface area contributed by atoms with Crippen molar-refractivity contribution in [1.82, 2.24) is 0 Å². The maximum Gasteiger partial charge on any atom is 0.284 e. The van der Waals surface area contributed by atoms with Gasteiger partial charge in [0, 0.05) is 0 Å². The molecule has 38 valence electrons. The molecule has 0 N–H and O–H groups in total. The van der Waals surface area contributed by atoms with Gasteiger partial charge in [-0.05, 0) is 0 Å². The van der Waals surface area contributed by atoms with Crippen molar-refractivity contribution in [3.8, 4) is 0 Å². The molecule has 1 heterocycles. The maximum absolute atomic E-state index is 5.28. The van der Waals surface area contributed by atoms with Crippen LogP contribution in [0.5, 0.6) is 0 Å². The zero-order valence-corrected chi connectivity index (χ0v) is 4.17. The lowest BCUT2D eigenvalue weighted by molar-refractivity contribution is 0.207.